The Morgan fingerprint density at radius 1 is 1.07 bits per heavy atom. The number of hydrogen-bond acceptors (Lipinski definition) is 5. The summed E-state index contributed by atoms with van der Waals surface area (Å²) >= 11 is 0. The number of amides is 1. The minimum absolute atomic E-state index is 0.0260. The summed E-state index contributed by atoms with van der Waals surface area (Å²) in [6.07, 6.45) is 0.260. The quantitative estimate of drug-likeness (QED) is 0.735. The van der Waals surface area contributed by atoms with Gasteiger partial charge in [-0.15, -0.1) is 0 Å². The third-order valence-electron chi connectivity index (χ3n) is 4.80. The Kier molecular flexibility index (Phi) is 6.06. The fraction of sp³-hybridized carbons (Fsp3) is 0.316. The van der Waals surface area contributed by atoms with E-state index in [1.165, 1.54) is 36.1 Å². The first kappa shape index (κ1) is 21.4. The van der Waals surface area contributed by atoms with Gasteiger partial charge in [0, 0.05) is 13.1 Å². The number of sulfone groups is 1. The second-order valence-corrected chi connectivity index (χ2v) is 10.7. The Morgan fingerprint density at radius 2 is 1.69 bits per heavy atom. The summed E-state index contributed by atoms with van der Waals surface area (Å²) in [6, 6.07) is 11.7. The van der Waals surface area contributed by atoms with E-state index in [1.807, 2.05) is 0 Å². The van der Waals surface area contributed by atoms with Crippen LogP contribution in [0, 0.1) is 5.82 Å². The molecular weight excluding hydrogens is 419 g/mol. The fourth-order valence-corrected chi connectivity index (χ4v) is 6.26. The summed E-state index contributed by atoms with van der Waals surface area (Å²) in [7, 11) is -7.84. The zero-order chi connectivity index (χ0) is 21.2. The number of rotatable bonds is 6. The first-order valence-corrected chi connectivity index (χ1v) is 12.0. The SMILES string of the molecule is CC(NS(=O)(=O)c1ccccc1F)C(=O)N1CCC(S(=O)(=O)c2ccccc2)C1. The maximum absolute atomic E-state index is 13.8. The van der Waals surface area contributed by atoms with Crippen molar-refractivity contribution in [3.05, 3.63) is 60.4 Å². The van der Waals surface area contributed by atoms with Crippen molar-refractivity contribution >= 4 is 25.8 Å². The van der Waals surface area contributed by atoms with Crippen LogP contribution in [0.25, 0.3) is 0 Å². The highest BCUT2D eigenvalue weighted by molar-refractivity contribution is 7.92. The van der Waals surface area contributed by atoms with Gasteiger partial charge >= 0.3 is 0 Å². The zero-order valence-corrected chi connectivity index (χ0v) is 17.3. The lowest BCUT2D eigenvalue weighted by Crippen LogP contribution is -2.46. The molecule has 2 atom stereocenters. The maximum Gasteiger partial charge on any atom is 0.244 e. The summed E-state index contributed by atoms with van der Waals surface area (Å²) in [5.41, 5.74) is 0. The Bertz CT molecular complexity index is 1100. The van der Waals surface area contributed by atoms with E-state index < -0.39 is 47.8 Å². The van der Waals surface area contributed by atoms with E-state index >= 15 is 0 Å². The Hall–Kier alpha value is -2.30. The average Bonchev–Trinajstić information content (AvgIpc) is 3.19. The number of likely N-dealkylation sites (tertiary alicyclic amines) is 1. The van der Waals surface area contributed by atoms with E-state index in [2.05, 4.69) is 4.72 Å². The molecule has 1 aliphatic rings. The lowest BCUT2D eigenvalue weighted by atomic mass is 10.3. The first-order chi connectivity index (χ1) is 13.6. The van der Waals surface area contributed by atoms with E-state index in [-0.39, 0.29) is 24.4 Å². The lowest BCUT2D eigenvalue weighted by Gasteiger charge is -2.22. The van der Waals surface area contributed by atoms with E-state index in [9.17, 15) is 26.0 Å². The van der Waals surface area contributed by atoms with Crippen molar-refractivity contribution in [3.8, 4) is 0 Å². The second kappa shape index (κ2) is 8.21. The van der Waals surface area contributed by atoms with Gasteiger partial charge in [0.05, 0.1) is 16.2 Å². The summed E-state index contributed by atoms with van der Waals surface area (Å²) in [4.78, 5) is 13.6. The first-order valence-electron chi connectivity index (χ1n) is 8.97. The Balaban J connectivity index is 1.69. The van der Waals surface area contributed by atoms with Crippen LogP contribution in [-0.2, 0) is 24.7 Å². The Morgan fingerprint density at radius 3 is 2.34 bits per heavy atom. The molecule has 10 heteroatoms. The monoisotopic (exact) mass is 440 g/mol. The average molecular weight is 441 g/mol. The number of benzene rings is 2. The van der Waals surface area contributed by atoms with E-state index in [4.69, 9.17) is 0 Å². The molecule has 2 aromatic carbocycles. The highest BCUT2D eigenvalue weighted by Gasteiger charge is 2.38. The molecule has 1 heterocycles. The third-order valence-corrected chi connectivity index (χ3v) is 8.56. The number of carbonyl (C=O) groups is 1. The van der Waals surface area contributed by atoms with Crippen molar-refractivity contribution in [1.29, 1.82) is 0 Å². The van der Waals surface area contributed by atoms with Crippen LogP contribution in [0.2, 0.25) is 0 Å². The van der Waals surface area contributed by atoms with Crippen molar-refractivity contribution in [1.82, 2.24) is 9.62 Å². The van der Waals surface area contributed by atoms with Crippen LogP contribution in [0.5, 0.6) is 0 Å². The van der Waals surface area contributed by atoms with Gasteiger partial charge in [-0.2, -0.15) is 4.72 Å². The van der Waals surface area contributed by atoms with Crippen molar-refractivity contribution < 1.29 is 26.0 Å². The summed E-state index contributed by atoms with van der Waals surface area (Å²) in [6.45, 7) is 1.52. The molecule has 1 aliphatic heterocycles. The zero-order valence-electron chi connectivity index (χ0n) is 15.7. The van der Waals surface area contributed by atoms with Gasteiger partial charge in [0.15, 0.2) is 9.84 Å². The summed E-state index contributed by atoms with van der Waals surface area (Å²) in [5.74, 6) is -1.48. The normalized spacial score (nSPS) is 18.6. The highest BCUT2D eigenvalue weighted by atomic mass is 32.2. The smallest absolute Gasteiger partial charge is 0.244 e. The third kappa shape index (κ3) is 4.49. The van der Waals surface area contributed by atoms with Crippen molar-refractivity contribution in [2.24, 2.45) is 0 Å². The van der Waals surface area contributed by atoms with Gasteiger partial charge < -0.3 is 4.90 Å². The number of nitrogens with one attached hydrogen (secondary N) is 1. The van der Waals surface area contributed by atoms with Crippen LogP contribution >= 0.6 is 0 Å². The molecular formula is C19H21FN2O5S2. The molecule has 1 N–H and O–H groups in total. The van der Waals surface area contributed by atoms with Gasteiger partial charge in [0.1, 0.15) is 10.7 Å². The molecule has 0 aliphatic carbocycles. The predicted molar refractivity (Wildman–Crippen MR) is 105 cm³/mol. The molecule has 29 heavy (non-hydrogen) atoms. The van der Waals surface area contributed by atoms with Crippen LogP contribution in [0.4, 0.5) is 4.39 Å². The molecule has 1 fully saturated rings. The molecule has 1 amide bonds. The molecule has 156 valence electrons. The number of sulfonamides is 1. The second-order valence-electron chi connectivity index (χ2n) is 6.83. The van der Waals surface area contributed by atoms with Crippen LogP contribution < -0.4 is 4.72 Å². The molecule has 2 aromatic rings. The number of carbonyl (C=O) groups excluding carboxylic acids is 1. The predicted octanol–water partition coefficient (Wildman–Crippen LogP) is 1.57. The minimum Gasteiger partial charge on any atom is -0.340 e. The van der Waals surface area contributed by atoms with Gasteiger partial charge in [-0.25, -0.2) is 21.2 Å². The van der Waals surface area contributed by atoms with E-state index in [0.717, 1.165) is 12.1 Å². The van der Waals surface area contributed by atoms with Crippen molar-refractivity contribution in [2.75, 3.05) is 13.1 Å². The minimum atomic E-state index is -4.24. The molecule has 2 unspecified atom stereocenters. The van der Waals surface area contributed by atoms with Crippen LogP contribution in [0.3, 0.4) is 0 Å². The topological polar surface area (TPSA) is 101 Å². The molecule has 7 nitrogen and oxygen atoms in total. The molecule has 0 bridgehead atoms. The largest absolute Gasteiger partial charge is 0.340 e. The van der Waals surface area contributed by atoms with Gasteiger partial charge in [-0.05, 0) is 37.6 Å². The van der Waals surface area contributed by atoms with Gasteiger partial charge in [-0.1, -0.05) is 30.3 Å². The number of hydrogen-bond donors (Lipinski definition) is 1. The fourth-order valence-electron chi connectivity index (χ4n) is 3.27. The van der Waals surface area contributed by atoms with Crippen molar-refractivity contribution in [2.45, 2.75) is 34.4 Å². The Labute approximate surface area is 169 Å². The number of halogens is 1. The van der Waals surface area contributed by atoms with Crippen molar-refractivity contribution in [3.63, 3.8) is 0 Å². The van der Waals surface area contributed by atoms with Crippen LogP contribution in [0.15, 0.2) is 64.4 Å². The molecule has 1 saturated heterocycles. The number of nitrogens with zero attached hydrogens (tertiary/aromatic N) is 1. The summed E-state index contributed by atoms with van der Waals surface area (Å²) < 4.78 is 66.2. The molecule has 3 rings (SSSR count). The van der Waals surface area contributed by atoms with Crippen LogP contribution in [0.1, 0.15) is 13.3 Å². The summed E-state index contributed by atoms with van der Waals surface area (Å²) in [5, 5.41) is -0.760. The molecule has 0 spiro atoms. The molecule has 0 radical (unpaired) electrons. The van der Waals surface area contributed by atoms with Gasteiger partial charge in [0.2, 0.25) is 15.9 Å². The lowest BCUT2D eigenvalue weighted by molar-refractivity contribution is -0.131. The standard InChI is InChI=1S/C19H21FN2O5S2/c1-14(21-29(26,27)18-10-6-5-9-17(18)20)19(23)22-12-11-16(13-22)28(24,25)15-7-3-2-4-8-15/h2-10,14,16,21H,11-13H2,1H3. The van der Waals surface area contributed by atoms with Gasteiger partial charge in [-0.3, -0.25) is 4.79 Å². The molecule has 0 saturated carbocycles. The van der Waals surface area contributed by atoms with E-state index in [1.54, 1.807) is 18.2 Å². The highest BCUT2D eigenvalue weighted by Crippen LogP contribution is 2.24. The van der Waals surface area contributed by atoms with E-state index in [0.29, 0.717) is 0 Å². The molecule has 0 aromatic heterocycles. The van der Waals surface area contributed by atoms with Gasteiger partial charge in [0.25, 0.3) is 0 Å². The van der Waals surface area contributed by atoms with Crippen LogP contribution in [-0.4, -0.2) is 52.0 Å². The maximum atomic E-state index is 13.8.